The van der Waals surface area contributed by atoms with Crippen LogP contribution in [0.3, 0.4) is 0 Å². The number of para-hydroxylation sites is 1. The first-order chi connectivity index (χ1) is 59.2. The van der Waals surface area contributed by atoms with Crippen LogP contribution in [0.15, 0.2) is 120 Å². The van der Waals surface area contributed by atoms with Gasteiger partial charge in [0.05, 0.1) is 44.9 Å². The Morgan fingerprint density at radius 1 is 0.464 bits per heavy atom. The molecule has 0 saturated carbocycles. The number of nitrogens with two attached hydrogens (primary N) is 6. The Morgan fingerprint density at radius 3 is 1.40 bits per heavy atom. The highest BCUT2D eigenvalue weighted by molar-refractivity contribution is 6.02. The molecule has 0 aliphatic carbocycles. The molecule has 0 bridgehead atoms. The van der Waals surface area contributed by atoms with Gasteiger partial charge in [0.2, 0.25) is 94.5 Å². The van der Waals surface area contributed by atoms with Crippen molar-refractivity contribution in [3.8, 4) is 5.75 Å². The fourth-order valence-corrected chi connectivity index (χ4v) is 13.6. The number of nitrogens with one attached hydrogen (secondary N) is 13. The van der Waals surface area contributed by atoms with Crippen LogP contribution >= 0.6 is 0 Å². The number of hydrogen-bond donors (Lipinski definition) is 23. The molecule has 1 aliphatic heterocycles. The maximum atomic E-state index is 14.9. The van der Waals surface area contributed by atoms with Gasteiger partial charge in [-0.25, -0.2) is 4.79 Å². The number of carboxylic acids is 2. The van der Waals surface area contributed by atoms with Crippen LogP contribution in [0.25, 0.3) is 10.9 Å². The average molecular weight is 1740 g/mol. The van der Waals surface area contributed by atoms with Gasteiger partial charge in [0, 0.05) is 55.9 Å². The lowest BCUT2D eigenvalue weighted by Crippen LogP contribution is -2.62. The van der Waals surface area contributed by atoms with Gasteiger partial charge in [-0.3, -0.25) is 86.5 Å². The number of carbonyl (C=O) groups is 18. The first-order valence-electron chi connectivity index (χ1n) is 40.2. The van der Waals surface area contributed by atoms with Gasteiger partial charge in [-0.1, -0.05) is 119 Å². The first kappa shape index (κ1) is 99.7. The minimum atomic E-state index is -2.06. The molecule has 1 aliphatic rings. The van der Waals surface area contributed by atoms with Crippen molar-refractivity contribution in [3.05, 3.63) is 138 Å². The molecule has 1 saturated heterocycles. The zero-order valence-electron chi connectivity index (χ0n) is 69.4. The van der Waals surface area contributed by atoms with Gasteiger partial charge < -0.3 is 129 Å². The van der Waals surface area contributed by atoms with Gasteiger partial charge in [-0.05, 0) is 90.8 Å². The van der Waals surface area contributed by atoms with Gasteiger partial charge in [0.15, 0.2) is 5.96 Å². The van der Waals surface area contributed by atoms with Crippen LogP contribution in [-0.4, -0.2) is 248 Å². The van der Waals surface area contributed by atoms with E-state index in [1.54, 1.807) is 113 Å². The van der Waals surface area contributed by atoms with Crippen LogP contribution in [0.1, 0.15) is 114 Å². The number of aliphatic imine (C=N–C) groups is 1. The van der Waals surface area contributed by atoms with Crippen molar-refractivity contribution in [1.82, 2.24) is 73.7 Å². The number of nitrogens with zero attached hydrogens (tertiary/aromatic N) is 2. The van der Waals surface area contributed by atoms with Crippen molar-refractivity contribution >= 4 is 123 Å². The maximum absolute atomic E-state index is 14.9. The third-order valence-electron chi connectivity index (χ3n) is 19.7. The van der Waals surface area contributed by atoms with Gasteiger partial charge in [-0.2, -0.15) is 0 Å². The Labute approximate surface area is 717 Å². The van der Waals surface area contributed by atoms with Gasteiger partial charge >= 0.3 is 11.9 Å². The molecule has 0 unspecified atom stereocenters. The zero-order chi connectivity index (χ0) is 92.3. The van der Waals surface area contributed by atoms with E-state index < -0.39 is 237 Å². The second kappa shape index (κ2) is 49.1. The van der Waals surface area contributed by atoms with E-state index in [4.69, 9.17) is 34.4 Å². The van der Waals surface area contributed by atoms with E-state index in [0.717, 1.165) is 4.90 Å². The van der Waals surface area contributed by atoms with Crippen molar-refractivity contribution < 1.29 is 107 Å². The molecule has 43 heteroatoms. The van der Waals surface area contributed by atoms with E-state index in [0.29, 0.717) is 27.6 Å². The Hall–Kier alpha value is -14.1. The number of benzene rings is 4. The van der Waals surface area contributed by atoms with Gasteiger partial charge in [0.1, 0.15) is 78.3 Å². The number of hydrogen-bond acceptors (Lipinski definition) is 22. The van der Waals surface area contributed by atoms with Crippen molar-refractivity contribution in [2.75, 3.05) is 26.2 Å². The molecule has 4 aromatic carbocycles. The number of aromatic nitrogens is 1. The van der Waals surface area contributed by atoms with Crippen molar-refractivity contribution in [1.29, 1.82) is 0 Å². The summed E-state index contributed by atoms with van der Waals surface area (Å²) in [6, 6.07) is 6.52. The Balaban J connectivity index is 1.21. The minimum Gasteiger partial charge on any atom is -0.508 e. The topological polar surface area (TPSA) is 720 Å². The smallest absolute Gasteiger partial charge is 0.326 e. The number of guanidine groups is 1. The standard InChI is InChI=1S/C82H111N21O22/c1-42(2)29-53(72(115)93-52(21-13-27-89-82(87)88)71(114)101-61(81(124)125)33-45-17-9-6-10-18-45)92-67(109)40-91-70(113)54(31-44-15-7-5-8-16-44)94-78(121)62(41-104)102-77(120)58(37-65(85)107)98-74(117)56(34-47-39-90-51-20-12-11-19-49(47)51)96-75(118)57(36-64(84)106)97-73(116)55(32-46-23-25-48(105)26-24-46)95-76(119)59(38-66(86)108)99-79(122)63-22-14-28-103(63)80(123)60(30-43(3)4)100-69(112)50(83)35-68(110)111/h5-12,15-20,23-26,39,42-43,50,52-63,90,104-105H,13-14,21-22,27-38,40-41,83H2,1-4H3,(H2,84,106)(H2,85,107)(H2,86,108)(H,91,113)(H,92,109)(H,93,115)(H,94,121)(H,95,119)(H,96,118)(H,97,116)(H,98,117)(H,99,122)(H,100,112)(H,101,114)(H,102,120)(H,110,111)(H,124,125)(H4,87,88,89)/t50-,52-,53-,54-,55-,56-,57-,58-,59-,60-,61-,62-,63-/m0/s1. The summed E-state index contributed by atoms with van der Waals surface area (Å²) in [5.74, 6) is -21.5. The normalized spacial score (nSPS) is 15.2. The lowest BCUT2D eigenvalue weighted by molar-refractivity contribution is -0.143. The van der Waals surface area contributed by atoms with Crippen LogP contribution in [0.4, 0.5) is 0 Å². The number of aliphatic hydroxyl groups excluding tert-OH is 1. The highest BCUT2D eigenvalue weighted by Crippen LogP contribution is 2.24. The Bertz CT molecular complexity index is 4680. The third kappa shape index (κ3) is 33.3. The number of phenolic OH excluding ortho intramolecular Hbond substituents is 1. The largest absolute Gasteiger partial charge is 0.508 e. The van der Waals surface area contributed by atoms with E-state index in [9.17, 15) is 107 Å². The average Bonchev–Trinajstić information content (AvgIpc) is 1.60. The molecule has 1 aromatic heterocycles. The first-order valence-corrected chi connectivity index (χ1v) is 40.2. The molecular formula is C82H111N21O22. The van der Waals surface area contributed by atoms with Crippen LogP contribution in [0.2, 0.25) is 0 Å². The second-order valence-corrected chi connectivity index (χ2v) is 30.9. The molecule has 0 spiro atoms. The summed E-state index contributed by atoms with van der Waals surface area (Å²) in [6.45, 7) is 4.85. The summed E-state index contributed by atoms with van der Waals surface area (Å²) in [4.78, 5) is 256. The van der Waals surface area contributed by atoms with Crippen molar-refractivity contribution in [3.63, 3.8) is 0 Å². The van der Waals surface area contributed by atoms with Gasteiger partial charge in [-0.15, -0.1) is 0 Å². The molecule has 6 rings (SSSR count). The molecular weight excluding hydrogens is 1630 g/mol. The number of aromatic hydroxyl groups is 1. The molecule has 1 fully saturated rings. The molecule has 5 aromatic rings. The van der Waals surface area contributed by atoms with E-state index in [-0.39, 0.29) is 93.6 Å². The van der Waals surface area contributed by atoms with E-state index in [1.165, 1.54) is 30.5 Å². The number of rotatable bonds is 51. The summed E-state index contributed by atoms with van der Waals surface area (Å²) in [7, 11) is 0. The number of aliphatic carboxylic acids is 2. The fraction of sp³-hybridized carbons (Fsp3) is 0.451. The molecule has 0 radical (unpaired) electrons. The van der Waals surface area contributed by atoms with E-state index >= 15 is 0 Å². The number of aromatic amines is 1. The highest BCUT2D eigenvalue weighted by Gasteiger charge is 2.42. The molecule has 125 heavy (non-hydrogen) atoms. The third-order valence-corrected chi connectivity index (χ3v) is 19.7. The molecule has 16 amide bonds. The van der Waals surface area contributed by atoms with Crippen LogP contribution in [0, 0.1) is 11.8 Å². The lowest BCUT2D eigenvalue weighted by Gasteiger charge is -2.31. The Morgan fingerprint density at radius 2 is 0.888 bits per heavy atom. The van der Waals surface area contributed by atoms with Crippen LogP contribution in [-0.2, 0) is 112 Å². The predicted octanol–water partition coefficient (Wildman–Crippen LogP) is -5.76. The number of carboxylic acid groups (broad SMARTS) is 2. The summed E-state index contributed by atoms with van der Waals surface area (Å²) in [5, 5.41) is 69.8. The number of primary amides is 3. The van der Waals surface area contributed by atoms with Crippen LogP contribution in [0.5, 0.6) is 5.75 Å². The summed E-state index contributed by atoms with van der Waals surface area (Å²) in [5.41, 5.74) is 35.8. The second-order valence-electron chi connectivity index (χ2n) is 30.9. The zero-order valence-corrected chi connectivity index (χ0v) is 69.4. The molecule has 43 nitrogen and oxygen atoms in total. The number of phenols is 1. The number of fused-ring (bicyclic) bond motifs is 1. The number of aliphatic hydroxyl groups is 1. The van der Waals surface area contributed by atoms with E-state index in [1.807, 2.05) is 0 Å². The number of H-pyrrole nitrogens is 1. The van der Waals surface area contributed by atoms with Crippen LogP contribution < -0.4 is 98.2 Å². The quantitative estimate of drug-likeness (QED) is 0.00980. The van der Waals surface area contributed by atoms with Crippen molar-refractivity contribution in [2.24, 2.45) is 51.2 Å². The predicted molar refractivity (Wildman–Crippen MR) is 448 cm³/mol. The minimum absolute atomic E-state index is 0.00321. The number of likely N-dealkylation sites (tertiary alicyclic amines) is 1. The number of carbonyl (C=O) groups excluding carboxylic acids is 16. The fourth-order valence-electron chi connectivity index (χ4n) is 13.6. The maximum Gasteiger partial charge on any atom is 0.326 e. The monoisotopic (exact) mass is 1740 g/mol. The summed E-state index contributed by atoms with van der Waals surface area (Å²) >= 11 is 0. The molecule has 29 N–H and O–H groups in total. The van der Waals surface area contributed by atoms with E-state index in [2.05, 4.69) is 73.8 Å². The Kier molecular flexibility index (Phi) is 39.2. The summed E-state index contributed by atoms with van der Waals surface area (Å²) in [6.07, 6.45) is -3.41. The molecule has 2 heterocycles. The number of amides is 16. The molecule has 676 valence electrons. The molecule has 13 atom stereocenters. The SMILES string of the molecule is CC(C)C[C@H](NC(=O)CNC(=O)[C@H](Cc1ccccc1)NC(=O)[C@H](CO)NC(=O)[C@H](CC(N)=O)NC(=O)[C@H](Cc1c[nH]c2ccccc12)NC(=O)[C@H](CC(N)=O)NC(=O)[C@H](Cc1ccc(O)cc1)NC(=O)[C@H](CC(N)=O)NC(=O)[C@@H]1CCCN1C(=O)[C@H](CC(C)C)NC(=O)[C@@H](N)CC(=O)O)C(=O)N[C@@H](CCCN=C(N)N)C(=O)N[C@@H](Cc1ccccc1)C(=O)O. The summed E-state index contributed by atoms with van der Waals surface area (Å²) < 4.78 is 0. The van der Waals surface area contributed by atoms with Crippen molar-refractivity contribution in [2.45, 2.75) is 196 Å². The lowest BCUT2D eigenvalue weighted by atomic mass is 10.0. The van der Waals surface area contributed by atoms with Gasteiger partial charge in [0.25, 0.3) is 0 Å². The highest BCUT2D eigenvalue weighted by atomic mass is 16.4.